The van der Waals surface area contributed by atoms with E-state index in [0.717, 1.165) is 12.1 Å². The summed E-state index contributed by atoms with van der Waals surface area (Å²) in [6.45, 7) is 13.1. The minimum absolute atomic E-state index is 0.00333. The summed E-state index contributed by atoms with van der Waals surface area (Å²) >= 11 is 0. The molecule has 0 aliphatic carbocycles. The van der Waals surface area contributed by atoms with Crippen molar-refractivity contribution < 1.29 is 51.2 Å². The van der Waals surface area contributed by atoms with Crippen LogP contribution in [0.15, 0.2) is 24.3 Å². The number of hydrogen-bond donors (Lipinski definition) is 0. The van der Waals surface area contributed by atoms with E-state index >= 15 is 0 Å². The third-order valence-corrected chi connectivity index (χ3v) is 5.89. The molecule has 1 aliphatic heterocycles. The van der Waals surface area contributed by atoms with E-state index in [9.17, 15) is 27.6 Å². The lowest BCUT2D eigenvalue weighted by atomic mass is 9.91. The van der Waals surface area contributed by atoms with Gasteiger partial charge in [-0.1, -0.05) is 19.1 Å². The standard InChI is InChI=1S/C29H42F3NO8/c1-9-14-38-23-18(2)39-24(34)22(33(25(35)40-27(3,4)5)26(36)41-28(6,7)8)17-37-16-20(23)15-19-10-12-21(13-11-19)29(30,31)32/h10-13,18,20,22-23H,9,14-17H2,1-8H3. The highest BCUT2D eigenvalue weighted by Crippen LogP contribution is 2.30. The van der Waals surface area contributed by atoms with Crippen LogP contribution in [0, 0.1) is 5.92 Å². The van der Waals surface area contributed by atoms with Crippen molar-refractivity contribution in [3.05, 3.63) is 35.4 Å². The zero-order chi connectivity index (χ0) is 31.2. The van der Waals surface area contributed by atoms with Gasteiger partial charge >= 0.3 is 24.3 Å². The van der Waals surface area contributed by atoms with Crippen molar-refractivity contribution in [3.63, 3.8) is 0 Å². The van der Waals surface area contributed by atoms with Gasteiger partial charge in [0.05, 0.1) is 24.9 Å². The van der Waals surface area contributed by atoms with Crippen LogP contribution in [0.3, 0.4) is 0 Å². The maximum Gasteiger partial charge on any atom is 0.420 e. The number of nitrogens with zero attached hydrogens (tertiary/aromatic N) is 1. The smallest absolute Gasteiger partial charge is 0.420 e. The molecule has 0 spiro atoms. The molecule has 1 saturated heterocycles. The fourth-order valence-electron chi connectivity index (χ4n) is 4.17. The van der Waals surface area contributed by atoms with Crippen LogP contribution in [0.5, 0.6) is 0 Å². The Morgan fingerprint density at radius 3 is 1.95 bits per heavy atom. The molecule has 4 unspecified atom stereocenters. The second kappa shape index (κ2) is 13.9. The van der Waals surface area contributed by atoms with E-state index in [1.165, 1.54) is 12.1 Å². The van der Waals surface area contributed by atoms with E-state index < -0.39 is 71.9 Å². The lowest BCUT2D eigenvalue weighted by Crippen LogP contribution is -2.54. The molecule has 1 aromatic carbocycles. The molecule has 1 aliphatic rings. The maximum atomic E-state index is 13.4. The summed E-state index contributed by atoms with van der Waals surface area (Å²) in [5.74, 6) is -1.36. The van der Waals surface area contributed by atoms with Crippen molar-refractivity contribution >= 4 is 18.2 Å². The summed E-state index contributed by atoms with van der Waals surface area (Å²) in [6.07, 6.45) is -7.28. The van der Waals surface area contributed by atoms with Gasteiger partial charge in [0, 0.05) is 12.5 Å². The van der Waals surface area contributed by atoms with Gasteiger partial charge < -0.3 is 23.7 Å². The number of carbonyl (C=O) groups is 3. The molecule has 1 fully saturated rings. The Morgan fingerprint density at radius 2 is 1.49 bits per heavy atom. The van der Waals surface area contributed by atoms with Crippen LogP contribution in [0.25, 0.3) is 0 Å². The van der Waals surface area contributed by atoms with E-state index in [0.29, 0.717) is 23.5 Å². The van der Waals surface area contributed by atoms with Crippen LogP contribution in [0.4, 0.5) is 22.8 Å². The van der Waals surface area contributed by atoms with Gasteiger partial charge in [0.25, 0.3) is 0 Å². The zero-order valence-electron chi connectivity index (χ0n) is 25.0. The SMILES string of the molecule is CCCOC1C(Cc2ccc(C(F)(F)F)cc2)COCC(N(C(=O)OC(C)(C)C)C(=O)OC(C)(C)C)C(=O)OC1C. The highest BCUT2D eigenvalue weighted by Gasteiger charge is 2.44. The van der Waals surface area contributed by atoms with Crippen LogP contribution in [-0.2, 0) is 41.1 Å². The second-order valence-corrected chi connectivity index (χ2v) is 12.0. The number of cyclic esters (lactones) is 1. The first-order valence-electron chi connectivity index (χ1n) is 13.6. The van der Waals surface area contributed by atoms with Gasteiger partial charge in [0.15, 0.2) is 6.04 Å². The molecule has 0 N–H and O–H groups in total. The summed E-state index contributed by atoms with van der Waals surface area (Å²) in [5.41, 5.74) is -2.13. The third kappa shape index (κ3) is 10.8. The second-order valence-electron chi connectivity index (χ2n) is 12.0. The molecule has 12 heteroatoms. The van der Waals surface area contributed by atoms with Crippen LogP contribution >= 0.6 is 0 Å². The van der Waals surface area contributed by atoms with Crippen molar-refractivity contribution in [1.29, 1.82) is 0 Å². The van der Waals surface area contributed by atoms with Crippen LogP contribution in [0.1, 0.15) is 72.9 Å². The maximum absolute atomic E-state index is 13.4. The molecule has 2 rings (SSSR count). The van der Waals surface area contributed by atoms with Crippen LogP contribution < -0.4 is 0 Å². The Morgan fingerprint density at radius 1 is 0.951 bits per heavy atom. The highest BCUT2D eigenvalue weighted by atomic mass is 19.4. The zero-order valence-corrected chi connectivity index (χ0v) is 25.0. The van der Waals surface area contributed by atoms with E-state index in [4.69, 9.17) is 23.7 Å². The first kappa shape index (κ1) is 34.3. The fourth-order valence-corrected chi connectivity index (χ4v) is 4.17. The van der Waals surface area contributed by atoms with Gasteiger partial charge in [-0.05, 0) is 79.0 Å². The summed E-state index contributed by atoms with van der Waals surface area (Å²) in [5, 5.41) is 0. The predicted molar refractivity (Wildman–Crippen MR) is 143 cm³/mol. The Kier molecular flexibility index (Phi) is 11.6. The topological polar surface area (TPSA) is 101 Å². The van der Waals surface area contributed by atoms with E-state index in [1.54, 1.807) is 48.5 Å². The van der Waals surface area contributed by atoms with Crippen molar-refractivity contribution in [3.8, 4) is 0 Å². The molecule has 1 aromatic rings. The van der Waals surface area contributed by atoms with Gasteiger partial charge in [0.2, 0.25) is 0 Å². The molecule has 232 valence electrons. The lowest BCUT2D eigenvalue weighted by Gasteiger charge is -2.32. The monoisotopic (exact) mass is 589 g/mol. The quantitative estimate of drug-likeness (QED) is 0.287. The van der Waals surface area contributed by atoms with Crippen molar-refractivity contribution in [2.75, 3.05) is 19.8 Å². The summed E-state index contributed by atoms with van der Waals surface area (Å²) in [4.78, 5) is 40.2. The number of alkyl halides is 3. The summed E-state index contributed by atoms with van der Waals surface area (Å²) < 4.78 is 67.6. The molecule has 0 bridgehead atoms. The number of carbonyl (C=O) groups excluding carboxylic acids is 3. The Balaban J connectivity index is 2.39. The van der Waals surface area contributed by atoms with Crippen molar-refractivity contribution in [2.24, 2.45) is 5.92 Å². The average molecular weight is 590 g/mol. The third-order valence-electron chi connectivity index (χ3n) is 5.89. The first-order chi connectivity index (χ1) is 18.8. The Labute approximate surface area is 239 Å². The van der Waals surface area contributed by atoms with Gasteiger partial charge in [-0.25, -0.2) is 14.4 Å². The van der Waals surface area contributed by atoms with E-state index in [-0.39, 0.29) is 13.0 Å². The molecule has 4 atom stereocenters. The number of imide groups is 1. The molecule has 9 nitrogen and oxygen atoms in total. The number of ether oxygens (including phenoxy) is 5. The van der Waals surface area contributed by atoms with Gasteiger partial charge in [-0.3, -0.25) is 0 Å². The van der Waals surface area contributed by atoms with Gasteiger partial charge in [-0.15, -0.1) is 0 Å². The average Bonchev–Trinajstić information content (AvgIpc) is 2.85. The van der Waals surface area contributed by atoms with E-state index in [1.807, 2.05) is 6.92 Å². The van der Waals surface area contributed by atoms with Crippen LogP contribution in [-0.4, -0.2) is 72.3 Å². The first-order valence-corrected chi connectivity index (χ1v) is 13.6. The molecule has 41 heavy (non-hydrogen) atoms. The largest absolute Gasteiger partial charge is 0.458 e. The number of hydrogen-bond acceptors (Lipinski definition) is 8. The Bertz CT molecular complexity index is 1000. The molecule has 2 amide bonds. The predicted octanol–water partition coefficient (Wildman–Crippen LogP) is 6.16. The molecule has 1 heterocycles. The van der Waals surface area contributed by atoms with Crippen LogP contribution in [0.2, 0.25) is 0 Å². The molecule has 0 aromatic heterocycles. The molecule has 0 radical (unpaired) electrons. The lowest BCUT2D eigenvalue weighted by molar-refractivity contribution is -0.163. The van der Waals surface area contributed by atoms with Crippen molar-refractivity contribution in [1.82, 2.24) is 4.90 Å². The fraction of sp³-hybridized carbons (Fsp3) is 0.690. The molecular weight excluding hydrogens is 547 g/mol. The minimum Gasteiger partial charge on any atom is -0.458 e. The molecule has 0 saturated carbocycles. The number of rotatable bonds is 6. The summed E-state index contributed by atoms with van der Waals surface area (Å²) in [7, 11) is 0. The number of amides is 2. The van der Waals surface area contributed by atoms with Gasteiger partial charge in [-0.2, -0.15) is 18.1 Å². The number of halogens is 3. The highest BCUT2D eigenvalue weighted by molar-refractivity contribution is 5.94. The number of benzene rings is 1. The number of esters is 1. The Hall–Kier alpha value is -2.86. The summed E-state index contributed by atoms with van der Waals surface area (Å²) in [6, 6.07) is 3.26. The normalized spacial score (nSPS) is 22.6. The minimum atomic E-state index is -4.46. The van der Waals surface area contributed by atoms with Crippen molar-refractivity contribution in [2.45, 2.75) is 104 Å². The molecular formula is C29H42F3NO8. The van der Waals surface area contributed by atoms with Gasteiger partial charge in [0.1, 0.15) is 17.3 Å². The van der Waals surface area contributed by atoms with E-state index in [2.05, 4.69) is 0 Å².